The van der Waals surface area contributed by atoms with E-state index in [1.165, 1.54) is 24.9 Å². The van der Waals surface area contributed by atoms with Crippen molar-refractivity contribution in [2.75, 3.05) is 0 Å². The number of rotatable bonds is 0. The minimum Gasteiger partial charge on any atom is -0.505 e. The van der Waals surface area contributed by atoms with Crippen LogP contribution in [0.4, 0.5) is 0 Å². The summed E-state index contributed by atoms with van der Waals surface area (Å²) in [6, 6.07) is 0. The number of hydrogen-bond donors (Lipinski definition) is 2. The molecule has 2 heterocycles. The Morgan fingerprint density at radius 3 is 2.57 bits per heavy atom. The maximum atomic E-state index is 11.6. The third-order valence-corrected chi connectivity index (χ3v) is 2.27. The van der Waals surface area contributed by atoms with Crippen molar-refractivity contribution < 1.29 is 5.11 Å². The number of aromatic hydroxyl groups is 1. The summed E-state index contributed by atoms with van der Waals surface area (Å²) in [5.41, 5.74) is -0.596. The first-order valence-electron chi connectivity index (χ1n) is 4.00. The molecule has 0 saturated heterocycles. The van der Waals surface area contributed by atoms with Gasteiger partial charge in [0, 0.05) is 20.3 Å². The van der Waals surface area contributed by atoms with E-state index in [4.69, 9.17) is 0 Å². The zero-order chi connectivity index (χ0) is 10.5. The number of hydrogen-bond acceptors (Lipinski definition) is 3. The lowest BCUT2D eigenvalue weighted by Crippen LogP contribution is -2.36. The lowest BCUT2D eigenvalue weighted by atomic mass is 10.4. The fraction of sp³-hybridized carbons (Fsp3) is 0.250. The van der Waals surface area contributed by atoms with E-state index in [1.807, 2.05) is 0 Å². The van der Waals surface area contributed by atoms with Gasteiger partial charge in [0.05, 0.1) is 0 Å². The van der Waals surface area contributed by atoms with Crippen LogP contribution in [0.15, 0.2) is 15.8 Å². The van der Waals surface area contributed by atoms with E-state index in [2.05, 4.69) is 4.98 Å². The van der Waals surface area contributed by atoms with Crippen molar-refractivity contribution in [2.24, 2.45) is 14.1 Å². The molecule has 0 saturated carbocycles. The number of nitrogens with one attached hydrogen (secondary N) is 1. The topological polar surface area (TPSA) is 80.0 Å². The van der Waals surface area contributed by atoms with E-state index < -0.39 is 11.2 Å². The van der Waals surface area contributed by atoms with Gasteiger partial charge in [0.25, 0.3) is 5.56 Å². The van der Waals surface area contributed by atoms with E-state index in [0.29, 0.717) is 5.65 Å². The predicted molar refractivity (Wildman–Crippen MR) is 50.4 cm³/mol. The Morgan fingerprint density at radius 1 is 1.29 bits per heavy atom. The Kier molecular flexibility index (Phi) is 1.54. The second kappa shape index (κ2) is 2.50. The number of H-pyrrole nitrogens is 1. The van der Waals surface area contributed by atoms with Gasteiger partial charge in [-0.2, -0.15) is 0 Å². The second-order valence-electron chi connectivity index (χ2n) is 3.10. The molecule has 0 bridgehead atoms. The molecule has 0 fully saturated rings. The Hall–Kier alpha value is -1.98. The maximum Gasteiger partial charge on any atom is 0.332 e. The molecule has 0 aromatic carbocycles. The molecule has 0 aliphatic carbocycles. The van der Waals surface area contributed by atoms with Gasteiger partial charge in [0.2, 0.25) is 0 Å². The summed E-state index contributed by atoms with van der Waals surface area (Å²) < 4.78 is 2.23. The first kappa shape index (κ1) is 8.61. The van der Waals surface area contributed by atoms with Crippen LogP contribution in [0.25, 0.3) is 11.0 Å². The lowest BCUT2D eigenvalue weighted by Gasteiger charge is -2.02. The van der Waals surface area contributed by atoms with Crippen molar-refractivity contribution in [3.8, 4) is 5.75 Å². The number of aryl methyl sites for hydroxylation is 1. The van der Waals surface area contributed by atoms with Crippen LogP contribution < -0.4 is 11.2 Å². The molecule has 6 nitrogen and oxygen atoms in total. The Labute approximate surface area is 78.0 Å². The first-order valence-corrected chi connectivity index (χ1v) is 4.00. The van der Waals surface area contributed by atoms with Gasteiger partial charge in [-0.3, -0.25) is 13.9 Å². The smallest absolute Gasteiger partial charge is 0.332 e. The van der Waals surface area contributed by atoms with Gasteiger partial charge in [-0.15, -0.1) is 0 Å². The number of fused-ring (bicyclic) bond motifs is 1. The second-order valence-corrected chi connectivity index (χ2v) is 3.10. The van der Waals surface area contributed by atoms with E-state index in [-0.39, 0.29) is 11.1 Å². The summed E-state index contributed by atoms with van der Waals surface area (Å²) in [4.78, 5) is 25.7. The Bertz CT molecular complexity index is 617. The average molecular weight is 195 g/mol. The van der Waals surface area contributed by atoms with Crippen LogP contribution in [-0.2, 0) is 14.1 Å². The highest BCUT2D eigenvalue weighted by Gasteiger charge is 2.12. The van der Waals surface area contributed by atoms with Crippen molar-refractivity contribution in [2.45, 2.75) is 0 Å². The van der Waals surface area contributed by atoms with Crippen LogP contribution in [-0.4, -0.2) is 19.2 Å². The third-order valence-electron chi connectivity index (χ3n) is 2.27. The average Bonchev–Trinajstić information content (AvgIpc) is 2.54. The normalized spacial score (nSPS) is 11.0. The van der Waals surface area contributed by atoms with E-state index >= 15 is 0 Å². The monoisotopic (exact) mass is 195 g/mol. The zero-order valence-corrected chi connectivity index (χ0v) is 7.74. The van der Waals surface area contributed by atoms with E-state index in [1.54, 1.807) is 0 Å². The van der Waals surface area contributed by atoms with Gasteiger partial charge in [0.1, 0.15) is 16.8 Å². The van der Waals surface area contributed by atoms with Crippen molar-refractivity contribution in [3.05, 3.63) is 27.0 Å². The molecule has 6 heteroatoms. The molecule has 0 unspecified atom stereocenters. The van der Waals surface area contributed by atoms with Gasteiger partial charge in [0.15, 0.2) is 0 Å². The molecule has 2 rings (SSSR count). The molecule has 2 aromatic heterocycles. The van der Waals surface area contributed by atoms with Gasteiger partial charge in [-0.1, -0.05) is 0 Å². The SMILES string of the molecule is Cn1c(=O)c2c(O)c[nH]c2n(C)c1=O. The van der Waals surface area contributed by atoms with Crippen molar-refractivity contribution in [1.82, 2.24) is 14.1 Å². The van der Waals surface area contributed by atoms with Crippen molar-refractivity contribution in [1.29, 1.82) is 0 Å². The molecule has 2 N–H and O–H groups in total. The highest BCUT2D eigenvalue weighted by molar-refractivity contribution is 5.81. The summed E-state index contributed by atoms with van der Waals surface area (Å²) in [5, 5.41) is 9.51. The summed E-state index contributed by atoms with van der Waals surface area (Å²) in [7, 11) is 2.90. The highest BCUT2D eigenvalue weighted by Crippen LogP contribution is 2.17. The van der Waals surface area contributed by atoms with E-state index in [0.717, 1.165) is 4.57 Å². The summed E-state index contributed by atoms with van der Waals surface area (Å²) in [6.07, 6.45) is 1.28. The predicted octanol–water partition coefficient (Wildman–Crippen LogP) is -0.729. The first-order chi connectivity index (χ1) is 6.54. The molecule has 0 aliphatic rings. The van der Waals surface area contributed by atoms with Crippen molar-refractivity contribution in [3.63, 3.8) is 0 Å². The van der Waals surface area contributed by atoms with Crippen LogP contribution in [0.3, 0.4) is 0 Å². The van der Waals surface area contributed by atoms with E-state index in [9.17, 15) is 14.7 Å². The third kappa shape index (κ3) is 0.847. The van der Waals surface area contributed by atoms with Crippen LogP contribution in [0.5, 0.6) is 5.75 Å². The van der Waals surface area contributed by atoms with Gasteiger partial charge in [-0.25, -0.2) is 4.79 Å². The number of aromatic nitrogens is 3. The fourth-order valence-electron chi connectivity index (χ4n) is 1.45. The van der Waals surface area contributed by atoms with Crippen LogP contribution in [0, 0.1) is 0 Å². The lowest BCUT2D eigenvalue weighted by molar-refractivity contribution is 0.480. The standard InChI is InChI=1S/C8H9N3O3/c1-10-6-5(4(12)3-9-6)7(13)11(2)8(10)14/h3,9,12H,1-2H3. The molecular formula is C8H9N3O3. The molecule has 0 amide bonds. The summed E-state index contributed by atoms with van der Waals surface area (Å²) in [6.45, 7) is 0. The van der Waals surface area contributed by atoms with Gasteiger partial charge in [-0.05, 0) is 0 Å². The largest absolute Gasteiger partial charge is 0.505 e. The molecule has 0 spiro atoms. The van der Waals surface area contributed by atoms with Gasteiger partial charge >= 0.3 is 5.69 Å². The maximum absolute atomic E-state index is 11.6. The molecule has 0 aliphatic heterocycles. The summed E-state index contributed by atoms with van der Waals surface area (Å²) >= 11 is 0. The molecule has 14 heavy (non-hydrogen) atoms. The van der Waals surface area contributed by atoms with Crippen LogP contribution in [0.1, 0.15) is 0 Å². The summed E-state index contributed by atoms with van der Waals surface area (Å²) in [5.74, 6) is -0.142. The molecule has 0 radical (unpaired) electrons. The fourth-order valence-corrected chi connectivity index (χ4v) is 1.45. The minimum atomic E-state index is -0.498. The number of nitrogens with zero attached hydrogens (tertiary/aromatic N) is 2. The zero-order valence-electron chi connectivity index (χ0n) is 7.74. The van der Waals surface area contributed by atoms with Crippen molar-refractivity contribution >= 4 is 11.0 Å². The van der Waals surface area contributed by atoms with Crippen LogP contribution in [0.2, 0.25) is 0 Å². The highest BCUT2D eigenvalue weighted by atomic mass is 16.3. The molecular weight excluding hydrogens is 186 g/mol. The Morgan fingerprint density at radius 2 is 1.93 bits per heavy atom. The molecule has 0 atom stereocenters. The number of aromatic amines is 1. The Balaban J connectivity index is 3.22. The van der Waals surface area contributed by atoms with Gasteiger partial charge < -0.3 is 10.1 Å². The van der Waals surface area contributed by atoms with Crippen LogP contribution >= 0.6 is 0 Å². The quantitative estimate of drug-likeness (QED) is 0.581. The molecule has 2 aromatic rings. The molecule has 74 valence electrons. The minimum absolute atomic E-state index is 0.134.